The summed E-state index contributed by atoms with van der Waals surface area (Å²) in [6.07, 6.45) is 1.75. The van der Waals surface area contributed by atoms with E-state index < -0.39 is 0 Å². The molecule has 1 fully saturated rings. The van der Waals surface area contributed by atoms with E-state index in [1.807, 2.05) is 12.1 Å². The number of aromatic nitrogens is 2. The van der Waals surface area contributed by atoms with Crippen LogP contribution < -0.4 is 15.5 Å². The molecule has 1 saturated heterocycles. The van der Waals surface area contributed by atoms with Gasteiger partial charge in [-0.25, -0.2) is 9.37 Å². The van der Waals surface area contributed by atoms with E-state index >= 15 is 0 Å². The van der Waals surface area contributed by atoms with Crippen molar-refractivity contribution in [2.75, 3.05) is 36.4 Å². The SMILES string of the molecule is Cl.Fc1cccc(CNc2ccnc(N3CCNCC3)n2)c1. The predicted octanol–water partition coefficient (Wildman–Crippen LogP) is 2.06. The lowest BCUT2D eigenvalue weighted by Crippen LogP contribution is -2.44. The lowest BCUT2D eigenvalue weighted by molar-refractivity contribution is 0.580. The van der Waals surface area contributed by atoms with Crippen molar-refractivity contribution in [1.29, 1.82) is 0 Å². The van der Waals surface area contributed by atoms with E-state index in [0.717, 1.165) is 43.5 Å². The Labute approximate surface area is 135 Å². The van der Waals surface area contributed by atoms with E-state index in [2.05, 4.69) is 25.5 Å². The lowest BCUT2D eigenvalue weighted by atomic mass is 10.2. The number of rotatable bonds is 4. The van der Waals surface area contributed by atoms with Gasteiger partial charge in [-0.3, -0.25) is 0 Å². The molecule has 1 aromatic carbocycles. The highest BCUT2D eigenvalue weighted by molar-refractivity contribution is 5.85. The molecule has 2 aromatic rings. The summed E-state index contributed by atoms with van der Waals surface area (Å²) >= 11 is 0. The summed E-state index contributed by atoms with van der Waals surface area (Å²) < 4.78 is 13.1. The average molecular weight is 324 g/mol. The highest BCUT2D eigenvalue weighted by Crippen LogP contribution is 2.13. The van der Waals surface area contributed by atoms with Crippen LogP contribution in [0.3, 0.4) is 0 Å². The molecular weight excluding hydrogens is 305 g/mol. The van der Waals surface area contributed by atoms with E-state index in [1.165, 1.54) is 12.1 Å². The predicted molar refractivity (Wildman–Crippen MR) is 88.1 cm³/mol. The number of hydrogen-bond donors (Lipinski definition) is 2. The molecule has 0 radical (unpaired) electrons. The molecule has 2 heterocycles. The molecule has 118 valence electrons. The van der Waals surface area contributed by atoms with Gasteiger partial charge >= 0.3 is 0 Å². The van der Waals surface area contributed by atoms with Crippen LogP contribution in [0.25, 0.3) is 0 Å². The molecule has 2 N–H and O–H groups in total. The van der Waals surface area contributed by atoms with Crippen LogP contribution in [0.2, 0.25) is 0 Å². The minimum Gasteiger partial charge on any atom is -0.366 e. The minimum atomic E-state index is -0.224. The van der Waals surface area contributed by atoms with Crippen molar-refractivity contribution in [2.24, 2.45) is 0 Å². The molecule has 0 atom stereocenters. The second kappa shape index (κ2) is 7.91. The normalized spacial score (nSPS) is 14.3. The van der Waals surface area contributed by atoms with Crippen molar-refractivity contribution in [3.05, 3.63) is 47.9 Å². The molecule has 22 heavy (non-hydrogen) atoms. The maximum atomic E-state index is 13.1. The highest BCUT2D eigenvalue weighted by Gasteiger charge is 2.13. The Balaban J connectivity index is 0.00000176. The van der Waals surface area contributed by atoms with Gasteiger partial charge in [-0.15, -0.1) is 12.4 Å². The summed E-state index contributed by atoms with van der Waals surface area (Å²) in [5, 5.41) is 6.51. The van der Waals surface area contributed by atoms with E-state index in [0.29, 0.717) is 6.54 Å². The third kappa shape index (κ3) is 4.29. The Hall–Kier alpha value is -1.92. The van der Waals surface area contributed by atoms with Crippen LogP contribution in [0.4, 0.5) is 16.2 Å². The molecule has 0 aliphatic carbocycles. The fraction of sp³-hybridized carbons (Fsp3) is 0.333. The van der Waals surface area contributed by atoms with Crippen molar-refractivity contribution in [3.8, 4) is 0 Å². The molecule has 1 aliphatic heterocycles. The number of nitrogens with one attached hydrogen (secondary N) is 2. The number of anilines is 2. The first-order valence-electron chi connectivity index (χ1n) is 7.08. The molecule has 1 aliphatic rings. The van der Waals surface area contributed by atoms with Crippen LogP contribution in [0.15, 0.2) is 36.5 Å². The van der Waals surface area contributed by atoms with Gasteiger partial charge in [-0.05, 0) is 23.8 Å². The van der Waals surface area contributed by atoms with Gasteiger partial charge in [0.05, 0.1) is 0 Å². The van der Waals surface area contributed by atoms with E-state index in [9.17, 15) is 4.39 Å². The van der Waals surface area contributed by atoms with Crippen molar-refractivity contribution in [1.82, 2.24) is 15.3 Å². The summed E-state index contributed by atoms with van der Waals surface area (Å²) in [5.41, 5.74) is 0.886. The van der Waals surface area contributed by atoms with E-state index in [-0.39, 0.29) is 18.2 Å². The van der Waals surface area contributed by atoms with Gasteiger partial charge < -0.3 is 15.5 Å². The summed E-state index contributed by atoms with van der Waals surface area (Å²) in [6, 6.07) is 8.38. The minimum absolute atomic E-state index is 0. The third-order valence-corrected chi connectivity index (χ3v) is 3.41. The van der Waals surface area contributed by atoms with Gasteiger partial charge in [0, 0.05) is 38.9 Å². The van der Waals surface area contributed by atoms with Crippen molar-refractivity contribution in [3.63, 3.8) is 0 Å². The van der Waals surface area contributed by atoms with Crippen LogP contribution in [-0.4, -0.2) is 36.1 Å². The Kier molecular flexibility index (Phi) is 5.91. The zero-order chi connectivity index (χ0) is 14.5. The first-order valence-corrected chi connectivity index (χ1v) is 7.08. The maximum Gasteiger partial charge on any atom is 0.227 e. The van der Waals surface area contributed by atoms with Crippen LogP contribution >= 0.6 is 12.4 Å². The summed E-state index contributed by atoms with van der Waals surface area (Å²) in [5.74, 6) is 1.27. The Morgan fingerprint density at radius 3 is 2.82 bits per heavy atom. The molecular formula is C15H19ClFN5. The Bertz CT molecular complexity index is 604. The molecule has 7 heteroatoms. The van der Waals surface area contributed by atoms with E-state index in [4.69, 9.17) is 0 Å². The van der Waals surface area contributed by atoms with Crippen molar-refractivity contribution >= 4 is 24.2 Å². The van der Waals surface area contributed by atoms with Gasteiger partial charge in [0.2, 0.25) is 5.95 Å². The van der Waals surface area contributed by atoms with Gasteiger partial charge in [-0.2, -0.15) is 4.98 Å². The van der Waals surface area contributed by atoms with Crippen LogP contribution in [0.5, 0.6) is 0 Å². The van der Waals surface area contributed by atoms with Crippen LogP contribution in [-0.2, 0) is 6.54 Å². The quantitative estimate of drug-likeness (QED) is 0.902. The number of piperazine rings is 1. The first-order chi connectivity index (χ1) is 10.3. The molecule has 0 unspecified atom stereocenters. The molecule has 0 bridgehead atoms. The Morgan fingerprint density at radius 1 is 1.23 bits per heavy atom. The van der Waals surface area contributed by atoms with Gasteiger partial charge in [0.15, 0.2) is 0 Å². The molecule has 1 aromatic heterocycles. The summed E-state index contributed by atoms with van der Waals surface area (Å²) in [6.45, 7) is 4.26. The third-order valence-electron chi connectivity index (χ3n) is 3.41. The fourth-order valence-corrected chi connectivity index (χ4v) is 2.30. The zero-order valence-electron chi connectivity index (χ0n) is 12.1. The van der Waals surface area contributed by atoms with Crippen LogP contribution in [0, 0.1) is 5.82 Å². The average Bonchev–Trinajstić information content (AvgIpc) is 2.54. The molecule has 0 amide bonds. The number of hydrogen-bond acceptors (Lipinski definition) is 5. The number of benzene rings is 1. The van der Waals surface area contributed by atoms with Gasteiger partial charge in [0.1, 0.15) is 11.6 Å². The Morgan fingerprint density at radius 2 is 2.05 bits per heavy atom. The largest absolute Gasteiger partial charge is 0.366 e. The summed E-state index contributed by atoms with van der Waals surface area (Å²) in [4.78, 5) is 11.0. The fourth-order valence-electron chi connectivity index (χ4n) is 2.30. The highest BCUT2D eigenvalue weighted by atomic mass is 35.5. The topological polar surface area (TPSA) is 53.1 Å². The zero-order valence-corrected chi connectivity index (χ0v) is 12.9. The molecule has 5 nitrogen and oxygen atoms in total. The van der Waals surface area contributed by atoms with E-state index in [1.54, 1.807) is 12.3 Å². The van der Waals surface area contributed by atoms with Crippen molar-refractivity contribution in [2.45, 2.75) is 6.54 Å². The van der Waals surface area contributed by atoms with Crippen molar-refractivity contribution < 1.29 is 4.39 Å². The number of halogens is 2. The second-order valence-electron chi connectivity index (χ2n) is 4.96. The number of nitrogens with zero attached hydrogens (tertiary/aromatic N) is 3. The monoisotopic (exact) mass is 323 g/mol. The molecule has 0 saturated carbocycles. The lowest BCUT2D eigenvalue weighted by Gasteiger charge is -2.27. The van der Waals surface area contributed by atoms with Gasteiger partial charge in [-0.1, -0.05) is 12.1 Å². The maximum absolute atomic E-state index is 13.1. The van der Waals surface area contributed by atoms with Crippen LogP contribution in [0.1, 0.15) is 5.56 Å². The standard InChI is InChI=1S/C15H18FN5.ClH/c16-13-3-1-2-12(10-13)11-19-14-4-5-18-15(20-14)21-8-6-17-7-9-21;/h1-5,10,17H,6-9,11H2,(H,18,19,20);1H. The molecule has 0 spiro atoms. The molecule has 3 rings (SSSR count). The second-order valence-corrected chi connectivity index (χ2v) is 4.96. The smallest absolute Gasteiger partial charge is 0.227 e. The first kappa shape index (κ1) is 16.5. The summed E-state index contributed by atoms with van der Waals surface area (Å²) in [7, 11) is 0. The van der Waals surface area contributed by atoms with Gasteiger partial charge in [0.25, 0.3) is 0 Å².